The molecule has 2 aliphatic rings. The fraction of sp³-hybridized carbons (Fsp3) is 0.250. The average molecular weight is 358 g/mol. The van der Waals surface area contributed by atoms with Gasteiger partial charge in [-0.1, -0.05) is 36.4 Å². The van der Waals surface area contributed by atoms with Crippen LogP contribution in [0, 0.1) is 0 Å². The van der Waals surface area contributed by atoms with Gasteiger partial charge in [-0.15, -0.1) is 0 Å². The third-order valence-corrected chi connectivity index (χ3v) is 5.63. The van der Waals surface area contributed by atoms with E-state index in [1.165, 1.54) is 22.3 Å². The molecule has 0 bridgehead atoms. The van der Waals surface area contributed by atoms with Crippen LogP contribution in [0.4, 0.5) is 0 Å². The van der Waals surface area contributed by atoms with E-state index >= 15 is 0 Å². The summed E-state index contributed by atoms with van der Waals surface area (Å²) in [4.78, 5) is 0. The minimum atomic E-state index is 0.0963. The number of fused-ring (bicyclic) bond motifs is 5. The predicted octanol–water partition coefficient (Wildman–Crippen LogP) is 5.44. The molecule has 3 aromatic rings. The van der Waals surface area contributed by atoms with E-state index in [0.29, 0.717) is 12.5 Å². The van der Waals surface area contributed by atoms with E-state index in [0.717, 1.165) is 30.1 Å². The Morgan fingerprint density at radius 3 is 2.63 bits per heavy atom. The van der Waals surface area contributed by atoms with Crippen molar-refractivity contribution >= 4 is 0 Å². The Morgan fingerprint density at radius 1 is 0.926 bits per heavy atom. The zero-order valence-corrected chi connectivity index (χ0v) is 15.4. The molecule has 1 aliphatic carbocycles. The molecule has 27 heavy (non-hydrogen) atoms. The summed E-state index contributed by atoms with van der Waals surface area (Å²) in [5.74, 6) is 3.20. The second-order valence-electron chi connectivity index (χ2n) is 7.22. The van der Waals surface area contributed by atoms with Crippen LogP contribution >= 0.6 is 0 Å². The monoisotopic (exact) mass is 358 g/mol. The number of hydrogen-bond acceptors (Lipinski definition) is 3. The zero-order chi connectivity index (χ0) is 18.2. The van der Waals surface area contributed by atoms with Gasteiger partial charge in [0.1, 0.15) is 30.0 Å². The van der Waals surface area contributed by atoms with Crippen molar-refractivity contribution in [2.75, 3.05) is 7.11 Å². The summed E-state index contributed by atoms with van der Waals surface area (Å²) in [5.41, 5.74) is 5.07. The highest BCUT2D eigenvalue weighted by Gasteiger charge is 2.39. The SMILES string of the molecule is COc1ccc2c(c1)CCC1c3cc(OCc4ccccc4)ccc3OC21. The Balaban J connectivity index is 1.39. The summed E-state index contributed by atoms with van der Waals surface area (Å²) in [6.45, 7) is 0.581. The van der Waals surface area contributed by atoms with Crippen molar-refractivity contribution in [3.8, 4) is 17.2 Å². The van der Waals surface area contributed by atoms with E-state index in [1.807, 2.05) is 30.3 Å². The van der Waals surface area contributed by atoms with Crippen molar-refractivity contribution in [3.05, 3.63) is 89.0 Å². The van der Waals surface area contributed by atoms with E-state index in [1.54, 1.807) is 7.11 Å². The molecule has 1 heterocycles. The Labute approximate surface area is 159 Å². The van der Waals surface area contributed by atoms with Crippen molar-refractivity contribution in [2.24, 2.45) is 0 Å². The molecule has 1 aliphatic heterocycles. The Morgan fingerprint density at radius 2 is 1.78 bits per heavy atom. The molecule has 3 nitrogen and oxygen atoms in total. The van der Waals surface area contributed by atoms with Crippen molar-refractivity contribution in [1.29, 1.82) is 0 Å². The minimum absolute atomic E-state index is 0.0963. The van der Waals surface area contributed by atoms with Crippen LogP contribution in [0.25, 0.3) is 0 Å². The molecular formula is C24H22O3. The molecule has 0 spiro atoms. The Hall–Kier alpha value is -2.94. The molecule has 0 saturated heterocycles. The molecule has 3 aromatic carbocycles. The third-order valence-electron chi connectivity index (χ3n) is 5.63. The smallest absolute Gasteiger partial charge is 0.131 e. The molecule has 0 fully saturated rings. The molecule has 0 radical (unpaired) electrons. The second kappa shape index (κ2) is 6.66. The maximum Gasteiger partial charge on any atom is 0.131 e. The van der Waals surface area contributed by atoms with Crippen molar-refractivity contribution in [3.63, 3.8) is 0 Å². The summed E-state index contributed by atoms with van der Waals surface area (Å²) in [6, 6.07) is 22.8. The van der Waals surface area contributed by atoms with E-state index in [-0.39, 0.29) is 6.10 Å². The second-order valence-corrected chi connectivity index (χ2v) is 7.22. The van der Waals surface area contributed by atoms with Gasteiger partial charge in [0.25, 0.3) is 0 Å². The maximum atomic E-state index is 6.33. The number of rotatable bonds is 4. The van der Waals surface area contributed by atoms with Crippen LogP contribution in [-0.2, 0) is 13.0 Å². The fourth-order valence-electron chi connectivity index (χ4n) is 4.24. The van der Waals surface area contributed by atoms with Gasteiger partial charge in [-0.05, 0) is 59.9 Å². The first-order valence-corrected chi connectivity index (χ1v) is 9.46. The lowest BCUT2D eigenvalue weighted by atomic mass is 9.79. The number of hydrogen-bond donors (Lipinski definition) is 0. The average Bonchev–Trinajstić information content (AvgIpc) is 3.11. The first-order chi connectivity index (χ1) is 13.3. The summed E-state index contributed by atoms with van der Waals surface area (Å²) in [7, 11) is 1.71. The molecule has 3 heteroatoms. The molecule has 136 valence electrons. The molecule has 2 unspecified atom stereocenters. The lowest BCUT2D eigenvalue weighted by molar-refractivity contribution is 0.195. The molecule has 0 saturated carbocycles. The quantitative estimate of drug-likeness (QED) is 0.622. The lowest BCUT2D eigenvalue weighted by Gasteiger charge is -2.27. The van der Waals surface area contributed by atoms with Crippen LogP contribution in [0.15, 0.2) is 66.7 Å². The van der Waals surface area contributed by atoms with Crippen LogP contribution in [0.5, 0.6) is 17.2 Å². The fourth-order valence-corrected chi connectivity index (χ4v) is 4.24. The largest absolute Gasteiger partial charge is 0.497 e. The van der Waals surface area contributed by atoms with Gasteiger partial charge >= 0.3 is 0 Å². The zero-order valence-electron chi connectivity index (χ0n) is 15.4. The van der Waals surface area contributed by atoms with Crippen LogP contribution in [0.1, 0.15) is 40.7 Å². The first-order valence-electron chi connectivity index (χ1n) is 9.46. The Bertz CT molecular complexity index is 965. The van der Waals surface area contributed by atoms with Crippen LogP contribution in [-0.4, -0.2) is 7.11 Å². The molecule has 0 N–H and O–H groups in total. The lowest BCUT2D eigenvalue weighted by Crippen LogP contribution is -2.18. The van der Waals surface area contributed by atoms with Crippen LogP contribution in [0.3, 0.4) is 0 Å². The van der Waals surface area contributed by atoms with Gasteiger partial charge in [0.2, 0.25) is 0 Å². The highest BCUT2D eigenvalue weighted by Crippen LogP contribution is 2.52. The van der Waals surface area contributed by atoms with E-state index in [9.17, 15) is 0 Å². The summed E-state index contributed by atoms with van der Waals surface area (Å²) in [5, 5.41) is 0. The van der Waals surface area contributed by atoms with Gasteiger partial charge in [-0.25, -0.2) is 0 Å². The van der Waals surface area contributed by atoms with Gasteiger partial charge < -0.3 is 14.2 Å². The molecule has 2 atom stereocenters. The molecular weight excluding hydrogens is 336 g/mol. The van der Waals surface area contributed by atoms with Crippen molar-refractivity contribution in [2.45, 2.75) is 31.5 Å². The predicted molar refractivity (Wildman–Crippen MR) is 105 cm³/mol. The Kier molecular flexibility index (Phi) is 4.01. The van der Waals surface area contributed by atoms with E-state index in [2.05, 4.69) is 36.4 Å². The normalized spacial score (nSPS) is 19.4. The maximum absolute atomic E-state index is 6.33. The highest BCUT2D eigenvalue weighted by molar-refractivity contribution is 5.51. The van der Waals surface area contributed by atoms with Gasteiger partial charge in [-0.2, -0.15) is 0 Å². The standard InChI is InChI=1S/C24H22O3/c1-25-18-8-11-20-17(13-18)7-10-21-22-14-19(9-12-23(22)27-24(20)21)26-15-16-5-3-2-4-6-16/h2-6,8-9,11-14,21,24H,7,10,15H2,1H3. The summed E-state index contributed by atoms with van der Waals surface area (Å²) < 4.78 is 17.7. The van der Waals surface area contributed by atoms with Gasteiger partial charge in [-0.3, -0.25) is 0 Å². The van der Waals surface area contributed by atoms with Gasteiger partial charge in [0.05, 0.1) is 7.11 Å². The van der Waals surface area contributed by atoms with Crippen molar-refractivity contribution in [1.82, 2.24) is 0 Å². The number of benzene rings is 3. The first kappa shape index (κ1) is 16.2. The highest BCUT2D eigenvalue weighted by atomic mass is 16.5. The minimum Gasteiger partial charge on any atom is -0.497 e. The number of aryl methyl sites for hydroxylation is 1. The van der Waals surface area contributed by atoms with Gasteiger partial charge in [0, 0.05) is 11.5 Å². The molecule has 0 amide bonds. The third kappa shape index (κ3) is 2.93. The van der Waals surface area contributed by atoms with Gasteiger partial charge in [0.15, 0.2) is 0 Å². The van der Waals surface area contributed by atoms with E-state index in [4.69, 9.17) is 14.2 Å². The van der Waals surface area contributed by atoms with Crippen LogP contribution < -0.4 is 14.2 Å². The number of methoxy groups -OCH3 is 1. The van der Waals surface area contributed by atoms with E-state index < -0.39 is 0 Å². The van der Waals surface area contributed by atoms with Crippen LogP contribution in [0.2, 0.25) is 0 Å². The van der Waals surface area contributed by atoms with Crippen molar-refractivity contribution < 1.29 is 14.2 Å². The number of ether oxygens (including phenoxy) is 3. The molecule has 0 aromatic heterocycles. The topological polar surface area (TPSA) is 27.7 Å². The molecule has 5 rings (SSSR count). The summed E-state index contributed by atoms with van der Waals surface area (Å²) in [6.07, 6.45) is 2.23. The summed E-state index contributed by atoms with van der Waals surface area (Å²) >= 11 is 0.